The molecular weight excluding hydrogens is 100 g/mol. The Morgan fingerprint density at radius 3 is 1.75 bits per heavy atom. The summed E-state index contributed by atoms with van der Waals surface area (Å²) in [4.78, 5) is 2.02. The minimum Gasteiger partial charge on any atom is -0.308 e. The predicted molar refractivity (Wildman–Crippen MR) is 35.7 cm³/mol. The number of rotatable bonds is 2. The maximum Gasteiger partial charge on any atom is 0.0394 e. The van der Waals surface area contributed by atoms with Crippen LogP contribution in [0.15, 0.2) is 0 Å². The van der Waals surface area contributed by atoms with Crippen LogP contribution in [0, 0.1) is 0 Å². The summed E-state index contributed by atoms with van der Waals surface area (Å²) in [6.07, 6.45) is 0. The van der Waals surface area contributed by atoms with Crippen LogP contribution in [0.5, 0.6) is 0 Å². The summed E-state index contributed by atoms with van der Waals surface area (Å²) >= 11 is 0. The van der Waals surface area contributed by atoms with Gasteiger partial charge >= 0.3 is 0 Å². The summed E-state index contributed by atoms with van der Waals surface area (Å²) in [5, 5.41) is 0. The molecule has 49 valence electrons. The van der Waals surface area contributed by atoms with Gasteiger partial charge < -0.3 is 4.90 Å². The van der Waals surface area contributed by atoms with E-state index in [0.717, 1.165) is 6.54 Å². The molecule has 0 atom stereocenters. The highest BCUT2D eigenvalue weighted by Crippen LogP contribution is 1.98. The molecule has 0 aliphatic carbocycles. The van der Waals surface area contributed by atoms with Crippen LogP contribution in [-0.4, -0.2) is 31.1 Å². The first-order chi connectivity index (χ1) is 3.42. The Morgan fingerprint density at radius 1 is 1.38 bits per heavy atom. The largest absolute Gasteiger partial charge is 0.308 e. The third-order valence-corrected chi connectivity index (χ3v) is 0.712. The second kappa shape index (κ2) is 2.46. The summed E-state index contributed by atoms with van der Waals surface area (Å²) in [6, 6.07) is 0. The Labute approximate surface area is 51.7 Å². The van der Waals surface area contributed by atoms with Gasteiger partial charge in [0.15, 0.2) is 0 Å². The highest BCUT2D eigenvalue weighted by Gasteiger charge is 2.11. The van der Waals surface area contributed by atoms with Crippen LogP contribution < -0.4 is 5.73 Å². The van der Waals surface area contributed by atoms with Crippen molar-refractivity contribution in [3.05, 3.63) is 0 Å². The van der Waals surface area contributed by atoms with E-state index in [-0.39, 0.29) is 5.54 Å². The van der Waals surface area contributed by atoms with Gasteiger partial charge in [-0.15, -0.1) is 0 Å². The van der Waals surface area contributed by atoms with Crippen molar-refractivity contribution in [2.24, 2.45) is 0 Å². The predicted octanol–water partition coefficient (Wildman–Crippen LogP) is 0.609. The second-order valence-corrected chi connectivity index (χ2v) is 3.12. The molecule has 0 saturated heterocycles. The van der Waals surface area contributed by atoms with Gasteiger partial charge in [-0.25, -0.2) is 0 Å². The minimum absolute atomic E-state index is 0.302. The number of nitrogens with one attached hydrogen (secondary N) is 1. The Hall–Kier alpha value is -0.0800. The normalized spacial score (nSPS) is 12.8. The van der Waals surface area contributed by atoms with Crippen LogP contribution in [0.3, 0.4) is 0 Å². The molecule has 2 heteroatoms. The average molecular weight is 115 g/mol. The van der Waals surface area contributed by atoms with Gasteiger partial charge in [-0.2, -0.15) is 0 Å². The second-order valence-electron chi connectivity index (χ2n) is 3.12. The van der Waals surface area contributed by atoms with Crippen LogP contribution in [0.1, 0.15) is 13.8 Å². The Kier molecular flexibility index (Phi) is 2.44. The van der Waals surface area contributed by atoms with Crippen molar-refractivity contribution in [3.8, 4) is 0 Å². The van der Waals surface area contributed by atoms with Gasteiger partial charge in [0.2, 0.25) is 0 Å². The van der Waals surface area contributed by atoms with Crippen molar-refractivity contribution in [2.45, 2.75) is 19.4 Å². The van der Waals surface area contributed by atoms with E-state index < -0.39 is 0 Å². The van der Waals surface area contributed by atoms with Crippen LogP contribution in [0.25, 0.3) is 0 Å². The van der Waals surface area contributed by atoms with E-state index in [1.807, 2.05) is 32.8 Å². The zero-order valence-corrected chi connectivity index (χ0v) is 6.15. The molecule has 1 N–H and O–H groups in total. The molecule has 1 radical (unpaired) electrons. The van der Waals surface area contributed by atoms with Gasteiger partial charge in [-0.3, -0.25) is 5.73 Å². The van der Waals surface area contributed by atoms with E-state index >= 15 is 0 Å². The SMILES string of the molecule is CN(C)CC(C)(C)[NH]. The van der Waals surface area contributed by atoms with Crippen molar-refractivity contribution in [1.82, 2.24) is 10.6 Å². The molecule has 0 heterocycles. The number of hydrogen-bond acceptors (Lipinski definition) is 1. The van der Waals surface area contributed by atoms with Gasteiger partial charge in [0.05, 0.1) is 0 Å². The quantitative estimate of drug-likeness (QED) is 0.518. The molecule has 0 amide bonds. The van der Waals surface area contributed by atoms with E-state index in [2.05, 4.69) is 0 Å². The number of hydrogen-bond donors (Lipinski definition) is 0. The van der Waals surface area contributed by atoms with Crippen molar-refractivity contribution in [3.63, 3.8) is 0 Å². The smallest absolute Gasteiger partial charge is 0.0394 e. The number of nitrogens with zero attached hydrogens (tertiary/aromatic N) is 1. The van der Waals surface area contributed by atoms with Gasteiger partial charge in [0, 0.05) is 12.1 Å². The lowest BCUT2D eigenvalue weighted by atomic mass is 10.1. The first-order valence-electron chi connectivity index (χ1n) is 2.81. The van der Waals surface area contributed by atoms with E-state index in [0.29, 0.717) is 0 Å². The molecule has 0 aliphatic rings. The zero-order valence-electron chi connectivity index (χ0n) is 6.15. The third-order valence-electron chi connectivity index (χ3n) is 0.712. The summed E-state index contributed by atoms with van der Waals surface area (Å²) in [5.41, 5.74) is 7.12. The first kappa shape index (κ1) is 7.92. The third kappa shape index (κ3) is 5.92. The van der Waals surface area contributed by atoms with Crippen molar-refractivity contribution >= 4 is 0 Å². The van der Waals surface area contributed by atoms with Crippen LogP contribution in [0.2, 0.25) is 0 Å². The molecule has 0 rings (SSSR count). The van der Waals surface area contributed by atoms with Crippen LogP contribution >= 0.6 is 0 Å². The fourth-order valence-corrected chi connectivity index (χ4v) is 0.791. The van der Waals surface area contributed by atoms with Gasteiger partial charge in [0.1, 0.15) is 0 Å². The molecule has 0 unspecified atom stereocenters. The zero-order chi connectivity index (χ0) is 6.78. The van der Waals surface area contributed by atoms with Crippen LogP contribution in [-0.2, 0) is 0 Å². The van der Waals surface area contributed by atoms with Crippen molar-refractivity contribution in [1.29, 1.82) is 0 Å². The lowest BCUT2D eigenvalue weighted by Gasteiger charge is -2.21. The first-order valence-corrected chi connectivity index (χ1v) is 2.81. The molecule has 2 nitrogen and oxygen atoms in total. The summed E-state index contributed by atoms with van der Waals surface area (Å²) in [5.74, 6) is 0. The molecule has 0 aromatic carbocycles. The highest BCUT2D eigenvalue weighted by atomic mass is 15.1. The molecule has 0 fully saturated rings. The maximum atomic E-state index is 7.42. The lowest BCUT2D eigenvalue weighted by Crippen LogP contribution is -2.35. The molecule has 0 aliphatic heterocycles. The average Bonchev–Trinajstić information content (AvgIpc) is 1.21. The van der Waals surface area contributed by atoms with Gasteiger partial charge in [-0.1, -0.05) is 0 Å². The van der Waals surface area contributed by atoms with Gasteiger partial charge in [0.25, 0.3) is 0 Å². The van der Waals surface area contributed by atoms with Crippen molar-refractivity contribution in [2.75, 3.05) is 20.6 Å². The summed E-state index contributed by atoms with van der Waals surface area (Å²) in [6.45, 7) is 4.65. The lowest BCUT2D eigenvalue weighted by molar-refractivity contribution is 0.310. The van der Waals surface area contributed by atoms with E-state index in [1.165, 1.54) is 0 Å². The van der Waals surface area contributed by atoms with E-state index in [9.17, 15) is 0 Å². The maximum absolute atomic E-state index is 7.42. The molecule has 8 heavy (non-hydrogen) atoms. The van der Waals surface area contributed by atoms with E-state index in [1.54, 1.807) is 0 Å². The van der Waals surface area contributed by atoms with Crippen LogP contribution in [0.4, 0.5) is 0 Å². The monoisotopic (exact) mass is 115 g/mol. The number of likely N-dealkylation sites (N-methyl/N-ethyl adjacent to an activating group) is 1. The molecule has 0 saturated carbocycles. The van der Waals surface area contributed by atoms with Gasteiger partial charge in [-0.05, 0) is 27.9 Å². The molecule has 0 aromatic rings. The Morgan fingerprint density at radius 2 is 1.75 bits per heavy atom. The topological polar surface area (TPSA) is 27.0 Å². The van der Waals surface area contributed by atoms with Crippen molar-refractivity contribution < 1.29 is 0 Å². The molecular formula is C6H15N2. The molecule has 0 spiro atoms. The Balaban J connectivity index is 3.39. The highest BCUT2D eigenvalue weighted by molar-refractivity contribution is 4.72. The molecule has 0 bridgehead atoms. The standard InChI is InChI=1S/C6H15N2/c1-6(2,7)5-8(3)4/h7H,5H2,1-4H3. The fraction of sp³-hybridized carbons (Fsp3) is 1.00. The summed E-state index contributed by atoms with van der Waals surface area (Å²) in [7, 11) is 3.96. The fourth-order valence-electron chi connectivity index (χ4n) is 0.791. The van der Waals surface area contributed by atoms with E-state index in [4.69, 9.17) is 5.73 Å². The Bertz CT molecular complexity index is 61.4. The summed E-state index contributed by atoms with van der Waals surface area (Å²) < 4.78 is 0. The molecule has 0 aromatic heterocycles. The minimum atomic E-state index is -0.302.